The molecular weight excluding hydrogens is 732 g/mol. The van der Waals surface area contributed by atoms with Gasteiger partial charge in [-0.1, -0.05) is 61.0 Å². The molecule has 6 rings (SSSR count). The van der Waals surface area contributed by atoms with Crippen molar-refractivity contribution >= 4 is 59.3 Å². The number of nitrogens with two attached hydrogens (primary N) is 1. The van der Waals surface area contributed by atoms with Gasteiger partial charge in [0.2, 0.25) is 11.8 Å². The summed E-state index contributed by atoms with van der Waals surface area (Å²) in [5, 5.41) is 7.94. The number of imidazole rings is 1. The first-order chi connectivity index (χ1) is 24.2. The quantitative estimate of drug-likeness (QED) is 0.159. The first kappa shape index (κ1) is 40.3. The molecule has 276 valence electrons. The highest BCUT2D eigenvalue weighted by molar-refractivity contribution is 6.30. The summed E-state index contributed by atoms with van der Waals surface area (Å²) in [7, 11) is 0. The molecule has 0 spiro atoms. The Balaban J connectivity index is 0.00000302. The molecule has 52 heavy (non-hydrogen) atoms. The SMILES string of the molecule is CCC(NCc1ccccc1F)C(=O)NC(=O)CN1CCN(n2c(=O)n(-c3ccc(Cl)cc3Oc3cccc(CN)c3)c3ccccc32)CC1.Cl.Cl. The fraction of sp³-hybridized carbons (Fsp3) is 0.270. The van der Waals surface area contributed by atoms with Crippen LogP contribution in [-0.2, 0) is 22.7 Å². The fourth-order valence-electron chi connectivity index (χ4n) is 6.12. The fourth-order valence-corrected chi connectivity index (χ4v) is 6.28. The van der Waals surface area contributed by atoms with Crippen molar-refractivity contribution in [2.75, 3.05) is 37.7 Å². The van der Waals surface area contributed by atoms with E-state index in [2.05, 4.69) is 10.6 Å². The average molecular weight is 773 g/mol. The summed E-state index contributed by atoms with van der Waals surface area (Å²) in [5.74, 6) is -0.250. The highest BCUT2D eigenvalue weighted by Gasteiger charge is 2.26. The summed E-state index contributed by atoms with van der Waals surface area (Å²) in [5.41, 5.74) is 8.84. The van der Waals surface area contributed by atoms with E-state index in [4.69, 9.17) is 22.1 Å². The Morgan fingerprint density at radius 2 is 1.63 bits per heavy atom. The zero-order chi connectivity index (χ0) is 35.2. The van der Waals surface area contributed by atoms with Gasteiger partial charge in [0.15, 0.2) is 5.75 Å². The van der Waals surface area contributed by atoms with Crippen molar-refractivity contribution in [3.63, 3.8) is 0 Å². The molecule has 2 amide bonds. The topological polar surface area (TPSA) is 127 Å². The van der Waals surface area contributed by atoms with Crippen LogP contribution in [0.4, 0.5) is 4.39 Å². The summed E-state index contributed by atoms with van der Waals surface area (Å²) in [6, 6.07) is 25.8. The minimum absolute atomic E-state index is 0. The maximum absolute atomic E-state index is 14.3. The molecule has 0 bridgehead atoms. The highest BCUT2D eigenvalue weighted by atomic mass is 35.5. The number of halogens is 4. The average Bonchev–Trinajstić information content (AvgIpc) is 3.41. The zero-order valence-electron chi connectivity index (χ0n) is 28.5. The molecule has 1 aliphatic rings. The van der Waals surface area contributed by atoms with Crippen LogP contribution in [0.5, 0.6) is 11.5 Å². The van der Waals surface area contributed by atoms with Gasteiger partial charge >= 0.3 is 5.69 Å². The van der Waals surface area contributed by atoms with Gasteiger partial charge in [-0.25, -0.2) is 13.9 Å². The van der Waals surface area contributed by atoms with Gasteiger partial charge in [0, 0.05) is 55.9 Å². The van der Waals surface area contributed by atoms with Crippen molar-refractivity contribution in [2.24, 2.45) is 5.73 Å². The number of imide groups is 1. The molecule has 11 nitrogen and oxygen atoms in total. The van der Waals surface area contributed by atoms with Crippen LogP contribution in [0.3, 0.4) is 0 Å². The minimum Gasteiger partial charge on any atom is -0.455 e. The van der Waals surface area contributed by atoms with E-state index in [0.717, 1.165) is 5.56 Å². The summed E-state index contributed by atoms with van der Waals surface area (Å²) >= 11 is 6.39. The van der Waals surface area contributed by atoms with E-state index < -0.39 is 17.9 Å². The molecule has 1 aliphatic heterocycles. The Kier molecular flexibility index (Phi) is 14.2. The molecule has 1 atom stereocenters. The van der Waals surface area contributed by atoms with Gasteiger partial charge in [0.25, 0.3) is 0 Å². The van der Waals surface area contributed by atoms with Crippen LogP contribution < -0.4 is 31.8 Å². The third kappa shape index (κ3) is 9.13. The number of fused-ring (bicyclic) bond motifs is 1. The van der Waals surface area contributed by atoms with Crippen molar-refractivity contribution in [2.45, 2.75) is 32.5 Å². The molecule has 1 unspecified atom stereocenters. The van der Waals surface area contributed by atoms with Gasteiger partial charge in [-0.15, -0.1) is 24.8 Å². The first-order valence-electron chi connectivity index (χ1n) is 16.5. The van der Waals surface area contributed by atoms with Crippen molar-refractivity contribution < 1.29 is 18.7 Å². The standard InChI is InChI=1S/C37H39ClFN7O4.2ClH/c1-2-30(41-23-26-9-3-4-11-29(26)39)36(48)42-35(47)24-43-16-18-44(19-17-43)46-32-13-6-5-12-31(32)45(37(46)49)33-15-14-27(38)21-34(33)50-28-10-7-8-25(20-28)22-40;;/h3-15,20-21,30,41H,2,16-19,22-24,40H2,1H3,(H,42,47,48);2*1H. The summed E-state index contributed by atoms with van der Waals surface area (Å²) in [6.07, 6.45) is 0.430. The number of rotatable bonds is 12. The number of carbonyl (C=O) groups is 2. The predicted molar refractivity (Wildman–Crippen MR) is 206 cm³/mol. The normalized spacial score (nSPS) is 13.6. The van der Waals surface area contributed by atoms with Gasteiger partial charge in [-0.3, -0.25) is 24.4 Å². The summed E-state index contributed by atoms with van der Waals surface area (Å²) in [6.45, 7) is 4.28. The monoisotopic (exact) mass is 771 g/mol. The van der Waals surface area contributed by atoms with Crippen LogP contribution in [0.15, 0.2) is 95.8 Å². The van der Waals surface area contributed by atoms with Crippen LogP contribution in [0.1, 0.15) is 24.5 Å². The lowest BCUT2D eigenvalue weighted by Gasteiger charge is -2.35. The lowest BCUT2D eigenvalue weighted by Crippen LogP contribution is -2.56. The number of aromatic nitrogens is 2. The molecule has 15 heteroatoms. The number of nitrogens with one attached hydrogen (secondary N) is 2. The maximum Gasteiger partial charge on any atom is 0.352 e. The van der Waals surface area contributed by atoms with E-state index in [-0.39, 0.29) is 49.4 Å². The van der Waals surface area contributed by atoms with E-state index in [1.165, 1.54) is 6.07 Å². The third-order valence-electron chi connectivity index (χ3n) is 8.73. The van der Waals surface area contributed by atoms with Crippen LogP contribution >= 0.6 is 36.4 Å². The van der Waals surface area contributed by atoms with E-state index in [1.54, 1.807) is 45.6 Å². The van der Waals surface area contributed by atoms with Gasteiger partial charge in [0.05, 0.1) is 29.3 Å². The van der Waals surface area contributed by atoms with Crippen molar-refractivity contribution in [1.29, 1.82) is 0 Å². The smallest absolute Gasteiger partial charge is 0.352 e. The Bertz CT molecular complexity index is 2070. The Hall–Kier alpha value is -4.43. The second-order valence-corrected chi connectivity index (χ2v) is 12.5. The van der Waals surface area contributed by atoms with Crippen molar-refractivity contribution in [3.8, 4) is 17.2 Å². The van der Waals surface area contributed by atoms with E-state index in [0.29, 0.717) is 78.0 Å². The van der Waals surface area contributed by atoms with Crippen molar-refractivity contribution in [1.82, 2.24) is 24.8 Å². The minimum atomic E-state index is -0.651. The van der Waals surface area contributed by atoms with Gasteiger partial charge in [-0.05, 0) is 54.4 Å². The Morgan fingerprint density at radius 1 is 0.923 bits per heavy atom. The molecule has 5 aromatic rings. The van der Waals surface area contributed by atoms with Gasteiger partial charge in [-0.2, -0.15) is 0 Å². The Labute approximate surface area is 318 Å². The van der Waals surface area contributed by atoms with E-state index >= 15 is 0 Å². The molecule has 0 radical (unpaired) electrons. The number of nitrogens with zero attached hydrogens (tertiary/aromatic N) is 4. The molecule has 0 saturated carbocycles. The van der Waals surface area contributed by atoms with Crippen LogP contribution in [0, 0.1) is 5.82 Å². The number of carbonyl (C=O) groups excluding carboxylic acids is 2. The second-order valence-electron chi connectivity index (χ2n) is 12.1. The molecule has 0 aliphatic carbocycles. The largest absolute Gasteiger partial charge is 0.455 e. The molecule has 1 aromatic heterocycles. The molecule has 2 heterocycles. The molecule has 4 aromatic carbocycles. The molecular formula is C37H41Cl3FN7O4. The van der Waals surface area contributed by atoms with E-state index in [9.17, 15) is 18.8 Å². The van der Waals surface area contributed by atoms with Gasteiger partial charge in [0.1, 0.15) is 11.6 Å². The number of piperazine rings is 1. The van der Waals surface area contributed by atoms with Crippen molar-refractivity contribution in [3.05, 3.63) is 123 Å². The molecule has 1 saturated heterocycles. The van der Waals surface area contributed by atoms with Crippen LogP contribution in [-0.4, -0.2) is 64.7 Å². The summed E-state index contributed by atoms with van der Waals surface area (Å²) < 4.78 is 23.6. The number of hydrogen-bond acceptors (Lipinski definition) is 8. The lowest BCUT2D eigenvalue weighted by atomic mass is 10.1. The molecule has 1 fully saturated rings. The van der Waals surface area contributed by atoms with Crippen LogP contribution in [0.25, 0.3) is 16.7 Å². The zero-order valence-corrected chi connectivity index (χ0v) is 30.9. The third-order valence-corrected chi connectivity index (χ3v) is 8.97. The number of hydrogen-bond donors (Lipinski definition) is 3. The molecule has 4 N–H and O–H groups in total. The number of amides is 2. The van der Waals surface area contributed by atoms with Crippen LogP contribution in [0.2, 0.25) is 5.02 Å². The highest BCUT2D eigenvalue weighted by Crippen LogP contribution is 2.33. The number of benzene rings is 4. The maximum atomic E-state index is 14.3. The predicted octanol–water partition coefficient (Wildman–Crippen LogP) is 5.14. The number of para-hydroxylation sites is 2. The van der Waals surface area contributed by atoms with Gasteiger partial charge < -0.3 is 20.8 Å². The Morgan fingerprint density at radius 3 is 2.35 bits per heavy atom. The number of ether oxygens (including phenoxy) is 1. The van der Waals surface area contributed by atoms with E-state index in [1.807, 2.05) is 65.4 Å². The second kappa shape index (κ2) is 18.4. The first-order valence-corrected chi connectivity index (χ1v) is 16.9. The lowest BCUT2D eigenvalue weighted by molar-refractivity contribution is -0.132. The summed E-state index contributed by atoms with van der Waals surface area (Å²) in [4.78, 5) is 41.9.